The number of halogens is 1. The number of alkyl halides is 1. The molecule has 0 atom stereocenters. The van der Waals surface area contributed by atoms with Crippen LogP contribution < -0.4 is 15.6 Å². The second-order valence-electron chi connectivity index (χ2n) is 3.27. The minimum atomic E-state index is -3.95. The highest BCUT2D eigenvalue weighted by molar-refractivity contribution is 14.1. The van der Waals surface area contributed by atoms with E-state index in [0.29, 0.717) is 6.42 Å². The summed E-state index contributed by atoms with van der Waals surface area (Å²) in [7, 11) is -3.95. The Balaban J connectivity index is 2.26. The first kappa shape index (κ1) is 13.1. The highest BCUT2D eigenvalue weighted by Crippen LogP contribution is 2.13. The van der Waals surface area contributed by atoms with Crippen molar-refractivity contribution in [1.29, 1.82) is 0 Å². The minimum Gasteiger partial charge on any atom is -0.273 e. The van der Waals surface area contributed by atoms with Crippen molar-refractivity contribution in [1.82, 2.24) is 15.6 Å². The van der Waals surface area contributed by atoms with Gasteiger partial charge < -0.3 is 0 Å². The number of carbonyl (C=O) groups is 1. The molecular weight excluding hydrogens is 337 g/mol. The fraction of sp³-hybridized carbons (Fsp3) is 0.833. The van der Waals surface area contributed by atoms with Crippen LogP contribution >= 0.6 is 22.6 Å². The molecule has 0 aromatic heterocycles. The third-order valence-electron chi connectivity index (χ3n) is 1.75. The van der Waals surface area contributed by atoms with E-state index in [2.05, 4.69) is 15.0 Å². The summed E-state index contributed by atoms with van der Waals surface area (Å²) >= 11 is 1.76. The van der Waals surface area contributed by atoms with E-state index < -0.39 is 16.2 Å². The van der Waals surface area contributed by atoms with Crippen molar-refractivity contribution in [3.05, 3.63) is 0 Å². The molecule has 15 heavy (non-hydrogen) atoms. The molecule has 1 aliphatic rings. The molecule has 1 saturated heterocycles. The molecule has 88 valence electrons. The van der Waals surface area contributed by atoms with E-state index in [0.717, 1.165) is 0 Å². The summed E-state index contributed by atoms with van der Waals surface area (Å²) in [5.74, 6) is -0.593. The topological polar surface area (TPSA) is 116 Å². The Bertz CT molecular complexity index is 340. The van der Waals surface area contributed by atoms with Crippen molar-refractivity contribution < 1.29 is 17.4 Å². The zero-order chi connectivity index (χ0) is 11.5. The van der Waals surface area contributed by atoms with Gasteiger partial charge in [0.25, 0.3) is 0 Å². The summed E-state index contributed by atoms with van der Waals surface area (Å²) in [6, 6.07) is 0. The molecule has 1 aliphatic heterocycles. The molecule has 0 aromatic rings. The van der Waals surface area contributed by atoms with Gasteiger partial charge in [0.05, 0.1) is 16.7 Å². The zero-order valence-corrected chi connectivity index (χ0v) is 11.0. The maximum Gasteiger partial charge on any atom is 0.362 e. The van der Waals surface area contributed by atoms with Crippen LogP contribution in [0, 0.1) is 0 Å². The van der Waals surface area contributed by atoms with E-state index in [1.165, 1.54) is 0 Å². The molecule has 0 aromatic carbocycles. The maximum atomic E-state index is 11.1. The number of hydrazine groups is 1. The van der Waals surface area contributed by atoms with Gasteiger partial charge in [-0.05, 0) is 6.92 Å². The van der Waals surface area contributed by atoms with Crippen molar-refractivity contribution in [3.63, 3.8) is 0 Å². The highest BCUT2D eigenvalue weighted by Gasteiger charge is 2.35. The average molecular weight is 349 g/mol. The van der Waals surface area contributed by atoms with Crippen LogP contribution in [0.25, 0.3) is 0 Å². The molecule has 3 N–H and O–H groups in total. The van der Waals surface area contributed by atoms with Crippen LogP contribution in [-0.2, 0) is 19.3 Å². The number of rotatable bonds is 6. The molecule has 9 heteroatoms. The van der Waals surface area contributed by atoms with E-state index in [1.807, 2.05) is 6.92 Å². The van der Waals surface area contributed by atoms with Crippen LogP contribution in [0.1, 0.15) is 13.3 Å². The van der Waals surface area contributed by atoms with Crippen LogP contribution in [0.2, 0.25) is 0 Å². The van der Waals surface area contributed by atoms with Crippen molar-refractivity contribution in [2.24, 2.45) is 0 Å². The lowest BCUT2D eigenvalue weighted by molar-refractivity contribution is -0.116. The largest absolute Gasteiger partial charge is 0.362 e. The van der Waals surface area contributed by atoms with E-state index in [9.17, 15) is 13.2 Å². The normalized spacial score (nSPS) is 18.5. The monoisotopic (exact) mass is 349 g/mol. The van der Waals surface area contributed by atoms with E-state index >= 15 is 0 Å². The summed E-state index contributed by atoms with van der Waals surface area (Å²) in [6.45, 7) is 1.88. The Kier molecular flexibility index (Phi) is 4.29. The molecule has 0 bridgehead atoms. The summed E-state index contributed by atoms with van der Waals surface area (Å²) in [5.41, 5.74) is 5.42. The van der Waals surface area contributed by atoms with Gasteiger partial charge in [-0.2, -0.15) is 8.42 Å². The molecule has 0 unspecified atom stereocenters. The molecule has 0 spiro atoms. The van der Waals surface area contributed by atoms with Crippen LogP contribution in [0.15, 0.2) is 0 Å². The first-order valence-electron chi connectivity index (χ1n) is 4.17. The minimum absolute atomic E-state index is 0.0142. The number of hydrogen-bond donors (Lipinski definition) is 3. The third-order valence-corrected chi connectivity index (χ3v) is 3.40. The smallest absolute Gasteiger partial charge is 0.273 e. The van der Waals surface area contributed by atoms with Gasteiger partial charge in [-0.1, -0.05) is 22.6 Å². The number of hydrogen-bond acceptors (Lipinski definition) is 6. The van der Waals surface area contributed by atoms with Gasteiger partial charge in [0.2, 0.25) is 5.91 Å². The maximum absolute atomic E-state index is 11.1. The second-order valence-corrected chi connectivity index (χ2v) is 5.38. The first-order valence-corrected chi connectivity index (χ1v) is 7.11. The van der Waals surface area contributed by atoms with Gasteiger partial charge in [-0.15, -0.1) is 0 Å². The van der Waals surface area contributed by atoms with Crippen LogP contribution in [0.3, 0.4) is 0 Å². The Morgan fingerprint density at radius 2 is 2.13 bits per heavy atom. The Labute approximate surface area is 102 Å². The molecule has 0 aliphatic carbocycles. The van der Waals surface area contributed by atoms with Crippen LogP contribution in [-0.4, -0.2) is 31.0 Å². The molecular formula is C6H12IN3O4S. The second kappa shape index (κ2) is 4.91. The fourth-order valence-electron chi connectivity index (χ4n) is 0.783. The van der Waals surface area contributed by atoms with E-state index in [1.54, 1.807) is 27.3 Å². The lowest BCUT2D eigenvalue weighted by Crippen LogP contribution is -2.33. The quantitative estimate of drug-likeness (QED) is 0.322. The number of nitrogens with one attached hydrogen (secondary N) is 3. The third kappa shape index (κ3) is 5.06. The SMILES string of the molecule is CC1(CCOS(=O)(=O)NC(=O)CI)NN1. The molecule has 1 amide bonds. The van der Waals surface area contributed by atoms with Crippen molar-refractivity contribution in [2.75, 3.05) is 11.0 Å². The van der Waals surface area contributed by atoms with E-state index in [-0.39, 0.29) is 16.7 Å². The molecule has 1 heterocycles. The van der Waals surface area contributed by atoms with Gasteiger partial charge in [0.1, 0.15) is 0 Å². The molecule has 0 saturated carbocycles. The van der Waals surface area contributed by atoms with Gasteiger partial charge >= 0.3 is 10.3 Å². The van der Waals surface area contributed by atoms with Gasteiger partial charge in [0.15, 0.2) is 0 Å². The molecule has 0 radical (unpaired) electrons. The van der Waals surface area contributed by atoms with Crippen molar-refractivity contribution in [3.8, 4) is 0 Å². The summed E-state index contributed by atoms with van der Waals surface area (Å²) in [6.07, 6.45) is 0.492. The summed E-state index contributed by atoms with van der Waals surface area (Å²) in [4.78, 5) is 10.8. The number of carbonyl (C=O) groups excluding carboxylic acids is 1. The summed E-state index contributed by atoms with van der Waals surface area (Å²) in [5, 5.41) is 0. The van der Waals surface area contributed by atoms with Gasteiger partial charge in [0, 0.05) is 6.42 Å². The lowest BCUT2D eigenvalue weighted by Gasteiger charge is -2.07. The predicted molar refractivity (Wildman–Crippen MR) is 61.2 cm³/mol. The standard InChI is InChI=1S/C6H12IN3O4S/c1-6(9-10-6)2-3-14-15(12,13)8-5(11)4-7/h9-10H,2-4H2,1H3,(H,8,11). The van der Waals surface area contributed by atoms with Crippen LogP contribution in [0.4, 0.5) is 0 Å². The van der Waals surface area contributed by atoms with Crippen LogP contribution in [0.5, 0.6) is 0 Å². The number of amides is 1. The molecule has 7 nitrogen and oxygen atoms in total. The van der Waals surface area contributed by atoms with Gasteiger partial charge in [-0.25, -0.2) is 15.6 Å². The van der Waals surface area contributed by atoms with Crippen molar-refractivity contribution >= 4 is 38.8 Å². The fourth-order valence-corrected chi connectivity index (χ4v) is 1.95. The Morgan fingerprint density at radius 3 is 2.60 bits per heavy atom. The highest BCUT2D eigenvalue weighted by atomic mass is 127. The van der Waals surface area contributed by atoms with Gasteiger partial charge in [-0.3, -0.25) is 8.98 Å². The molecule has 1 rings (SSSR count). The Hall–Kier alpha value is 0.0300. The Morgan fingerprint density at radius 1 is 1.53 bits per heavy atom. The first-order chi connectivity index (χ1) is 6.87. The predicted octanol–water partition coefficient (Wildman–Crippen LogP) is -0.987. The summed E-state index contributed by atoms with van der Waals surface area (Å²) < 4.78 is 28.6. The van der Waals surface area contributed by atoms with Crippen molar-refractivity contribution in [2.45, 2.75) is 19.0 Å². The van der Waals surface area contributed by atoms with E-state index in [4.69, 9.17) is 0 Å². The lowest BCUT2D eigenvalue weighted by atomic mass is 10.2. The average Bonchev–Trinajstić information content (AvgIpc) is 2.82. The molecule has 1 fully saturated rings. The zero-order valence-electron chi connectivity index (χ0n) is 8.04.